The highest BCUT2D eigenvalue weighted by molar-refractivity contribution is 5.94. The third-order valence-corrected chi connectivity index (χ3v) is 2.95. The van der Waals surface area contributed by atoms with E-state index in [1.165, 1.54) is 15.9 Å². The van der Waals surface area contributed by atoms with Crippen LogP contribution in [-0.4, -0.2) is 42.1 Å². The van der Waals surface area contributed by atoms with Crippen molar-refractivity contribution in [1.82, 2.24) is 4.90 Å². The van der Waals surface area contributed by atoms with Crippen molar-refractivity contribution in [3.63, 3.8) is 0 Å². The van der Waals surface area contributed by atoms with Crippen LogP contribution < -0.4 is 4.90 Å². The molecule has 2 amide bonds. The minimum atomic E-state index is -1.05. The molecule has 0 fully saturated rings. The van der Waals surface area contributed by atoms with Crippen LogP contribution in [0.3, 0.4) is 0 Å². The first-order valence-electron chi connectivity index (χ1n) is 6.29. The van der Waals surface area contributed by atoms with Crippen LogP contribution >= 0.6 is 0 Å². The summed E-state index contributed by atoms with van der Waals surface area (Å²) in [7, 11) is 1.64. The second-order valence-corrected chi connectivity index (χ2v) is 4.69. The SMILES string of the molecule is C=CCN(CC(=O)O)C(=O)N(C)c1ccc(C)cc1C. The summed E-state index contributed by atoms with van der Waals surface area (Å²) in [6.07, 6.45) is 1.51. The van der Waals surface area contributed by atoms with Gasteiger partial charge in [-0.1, -0.05) is 23.8 Å². The lowest BCUT2D eigenvalue weighted by Crippen LogP contribution is -2.44. The highest BCUT2D eigenvalue weighted by atomic mass is 16.4. The van der Waals surface area contributed by atoms with E-state index in [9.17, 15) is 9.59 Å². The van der Waals surface area contributed by atoms with Crippen LogP contribution in [0.1, 0.15) is 11.1 Å². The highest BCUT2D eigenvalue weighted by Crippen LogP contribution is 2.21. The average molecular weight is 276 g/mol. The van der Waals surface area contributed by atoms with E-state index in [0.717, 1.165) is 16.8 Å². The molecule has 0 aliphatic heterocycles. The Kier molecular flexibility index (Phi) is 5.32. The Hall–Kier alpha value is -2.30. The first-order chi connectivity index (χ1) is 9.36. The molecule has 20 heavy (non-hydrogen) atoms. The van der Waals surface area contributed by atoms with Crippen LogP contribution in [0, 0.1) is 13.8 Å². The maximum absolute atomic E-state index is 12.3. The van der Waals surface area contributed by atoms with Crippen molar-refractivity contribution in [3.8, 4) is 0 Å². The van der Waals surface area contributed by atoms with Crippen molar-refractivity contribution in [2.75, 3.05) is 25.0 Å². The van der Waals surface area contributed by atoms with Crippen LogP contribution in [0.4, 0.5) is 10.5 Å². The number of carboxylic acids is 1. The predicted octanol–water partition coefficient (Wildman–Crippen LogP) is 2.43. The number of amides is 2. The normalized spacial score (nSPS) is 9.95. The fourth-order valence-corrected chi connectivity index (χ4v) is 2.03. The Bertz CT molecular complexity index is 526. The molecule has 0 atom stereocenters. The molecule has 0 aliphatic carbocycles. The standard InChI is InChI=1S/C15H20N2O3/c1-5-8-17(10-14(18)19)15(20)16(4)13-7-6-11(2)9-12(13)3/h5-7,9H,1,8,10H2,2-4H3,(H,18,19). The molecule has 0 bridgehead atoms. The number of nitrogens with zero attached hydrogens (tertiary/aromatic N) is 2. The molecule has 0 radical (unpaired) electrons. The number of urea groups is 1. The summed E-state index contributed by atoms with van der Waals surface area (Å²) >= 11 is 0. The molecule has 0 heterocycles. The number of rotatable bonds is 5. The van der Waals surface area contributed by atoms with Gasteiger partial charge in [-0.15, -0.1) is 6.58 Å². The zero-order valence-electron chi connectivity index (χ0n) is 12.1. The van der Waals surface area contributed by atoms with Crippen molar-refractivity contribution in [1.29, 1.82) is 0 Å². The molecule has 0 aromatic heterocycles. The van der Waals surface area contributed by atoms with Gasteiger partial charge < -0.3 is 10.0 Å². The van der Waals surface area contributed by atoms with Crippen molar-refractivity contribution in [2.24, 2.45) is 0 Å². The third-order valence-electron chi connectivity index (χ3n) is 2.95. The predicted molar refractivity (Wildman–Crippen MR) is 79.1 cm³/mol. The second kappa shape index (κ2) is 6.75. The quantitative estimate of drug-likeness (QED) is 0.840. The van der Waals surface area contributed by atoms with Gasteiger partial charge in [0.05, 0.1) is 0 Å². The van der Waals surface area contributed by atoms with E-state index >= 15 is 0 Å². The lowest BCUT2D eigenvalue weighted by atomic mass is 10.1. The monoisotopic (exact) mass is 276 g/mol. The van der Waals surface area contributed by atoms with Crippen LogP contribution in [0.25, 0.3) is 0 Å². The van der Waals surface area contributed by atoms with E-state index in [-0.39, 0.29) is 19.1 Å². The molecule has 0 saturated carbocycles. The number of hydrogen-bond acceptors (Lipinski definition) is 2. The molecule has 0 aliphatic rings. The largest absolute Gasteiger partial charge is 0.480 e. The maximum Gasteiger partial charge on any atom is 0.325 e. The molecule has 1 aromatic carbocycles. The van der Waals surface area contributed by atoms with E-state index in [1.54, 1.807) is 7.05 Å². The van der Waals surface area contributed by atoms with Gasteiger partial charge in [-0.05, 0) is 25.5 Å². The Morgan fingerprint density at radius 3 is 2.50 bits per heavy atom. The van der Waals surface area contributed by atoms with E-state index in [1.807, 2.05) is 32.0 Å². The number of anilines is 1. The number of aryl methyl sites for hydroxylation is 2. The van der Waals surface area contributed by atoms with Crippen molar-refractivity contribution in [3.05, 3.63) is 42.0 Å². The number of carboxylic acid groups (broad SMARTS) is 1. The lowest BCUT2D eigenvalue weighted by Gasteiger charge is -2.27. The molecule has 1 rings (SSSR count). The van der Waals surface area contributed by atoms with Gasteiger partial charge in [-0.25, -0.2) is 4.79 Å². The average Bonchev–Trinajstić information content (AvgIpc) is 2.36. The van der Waals surface area contributed by atoms with Gasteiger partial charge in [0.1, 0.15) is 6.54 Å². The molecule has 5 nitrogen and oxygen atoms in total. The van der Waals surface area contributed by atoms with Crippen molar-refractivity contribution >= 4 is 17.7 Å². The molecule has 1 N–H and O–H groups in total. The number of aliphatic carboxylic acids is 1. The summed E-state index contributed by atoms with van der Waals surface area (Å²) in [6.45, 7) is 7.29. The zero-order chi connectivity index (χ0) is 15.3. The number of carbonyl (C=O) groups excluding carboxylic acids is 1. The van der Waals surface area contributed by atoms with E-state index < -0.39 is 5.97 Å². The second-order valence-electron chi connectivity index (χ2n) is 4.69. The Labute approximate surface area is 119 Å². The highest BCUT2D eigenvalue weighted by Gasteiger charge is 2.21. The van der Waals surface area contributed by atoms with Gasteiger partial charge in [-0.3, -0.25) is 9.69 Å². The topological polar surface area (TPSA) is 60.9 Å². The lowest BCUT2D eigenvalue weighted by molar-refractivity contribution is -0.137. The molecule has 0 unspecified atom stereocenters. The summed E-state index contributed by atoms with van der Waals surface area (Å²) in [5, 5.41) is 8.86. The van der Waals surface area contributed by atoms with Gasteiger partial charge in [0.2, 0.25) is 0 Å². The van der Waals surface area contributed by atoms with E-state index in [2.05, 4.69) is 6.58 Å². The summed E-state index contributed by atoms with van der Waals surface area (Å²) in [4.78, 5) is 25.9. The van der Waals surface area contributed by atoms with Gasteiger partial charge in [0, 0.05) is 19.3 Å². The Morgan fingerprint density at radius 2 is 2.00 bits per heavy atom. The van der Waals surface area contributed by atoms with Crippen molar-refractivity contribution in [2.45, 2.75) is 13.8 Å². The van der Waals surface area contributed by atoms with Crippen LogP contribution in [0.15, 0.2) is 30.9 Å². The maximum atomic E-state index is 12.3. The van der Waals surface area contributed by atoms with Gasteiger partial charge >= 0.3 is 12.0 Å². The minimum Gasteiger partial charge on any atom is -0.480 e. The summed E-state index contributed by atoms with van der Waals surface area (Å²) in [5.41, 5.74) is 2.84. The first kappa shape index (κ1) is 15.8. The molecule has 0 spiro atoms. The molecule has 1 aromatic rings. The molecular weight excluding hydrogens is 256 g/mol. The van der Waals surface area contributed by atoms with E-state index in [0.29, 0.717) is 0 Å². The van der Waals surface area contributed by atoms with Gasteiger partial charge in [-0.2, -0.15) is 0 Å². The number of hydrogen-bond donors (Lipinski definition) is 1. The van der Waals surface area contributed by atoms with Crippen LogP contribution in [0.2, 0.25) is 0 Å². The summed E-state index contributed by atoms with van der Waals surface area (Å²) in [6, 6.07) is 5.39. The molecule has 5 heteroatoms. The number of benzene rings is 1. The zero-order valence-corrected chi connectivity index (χ0v) is 12.1. The minimum absolute atomic E-state index is 0.195. The molecule has 0 saturated heterocycles. The van der Waals surface area contributed by atoms with Crippen LogP contribution in [0.5, 0.6) is 0 Å². The summed E-state index contributed by atoms with van der Waals surface area (Å²) in [5.74, 6) is -1.05. The number of carbonyl (C=O) groups is 2. The fourth-order valence-electron chi connectivity index (χ4n) is 2.03. The first-order valence-corrected chi connectivity index (χ1v) is 6.29. The fraction of sp³-hybridized carbons (Fsp3) is 0.333. The smallest absolute Gasteiger partial charge is 0.325 e. The third kappa shape index (κ3) is 3.85. The van der Waals surface area contributed by atoms with E-state index in [4.69, 9.17) is 5.11 Å². The summed E-state index contributed by atoms with van der Waals surface area (Å²) < 4.78 is 0. The molecular formula is C15H20N2O3. The Balaban J connectivity index is 2.98. The molecule has 108 valence electrons. The van der Waals surface area contributed by atoms with Crippen LogP contribution in [-0.2, 0) is 4.79 Å². The van der Waals surface area contributed by atoms with Crippen molar-refractivity contribution < 1.29 is 14.7 Å². The van der Waals surface area contributed by atoms with Gasteiger partial charge in [0.15, 0.2) is 0 Å². The Morgan fingerprint density at radius 1 is 1.35 bits per heavy atom. The van der Waals surface area contributed by atoms with Gasteiger partial charge in [0.25, 0.3) is 0 Å².